The number of ether oxygens (including phenoxy) is 2. The zero-order valence-corrected chi connectivity index (χ0v) is 13.0. The van der Waals surface area contributed by atoms with E-state index in [1.807, 2.05) is 20.8 Å². The third-order valence-electron chi connectivity index (χ3n) is 3.13. The molecule has 0 unspecified atom stereocenters. The highest BCUT2D eigenvalue weighted by Crippen LogP contribution is 2.10. The lowest BCUT2D eigenvalue weighted by Crippen LogP contribution is -2.39. The number of esters is 1. The number of benzene rings is 1. The second-order valence-electron chi connectivity index (χ2n) is 5.24. The summed E-state index contributed by atoms with van der Waals surface area (Å²) in [5.74, 6) is -0.227. The number of rotatable bonds is 8. The van der Waals surface area contributed by atoms with Crippen molar-refractivity contribution in [2.45, 2.75) is 26.8 Å². The minimum atomic E-state index is -0.633. The van der Waals surface area contributed by atoms with Gasteiger partial charge in [0.05, 0.1) is 0 Å². The molecule has 1 amide bonds. The largest absolute Gasteiger partial charge is 0.482 e. The van der Waals surface area contributed by atoms with E-state index < -0.39 is 5.97 Å². The Kier molecular flexibility index (Phi) is 7.08. The summed E-state index contributed by atoms with van der Waals surface area (Å²) in [6.07, 6.45) is 0.717. The van der Waals surface area contributed by atoms with E-state index in [0.717, 1.165) is 6.29 Å². The first-order valence-electron chi connectivity index (χ1n) is 7.05. The molecule has 22 heavy (non-hydrogen) atoms. The highest BCUT2D eigenvalue weighted by Gasteiger charge is 2.13. The molecule has 1 aromatic rings. The first-order chi connectivity index (χ1) is 10.4. The second kappa shape index (κ2) is 8.81. The third-order valence-corrected chi connectivity index (χ3v) is 3.13. The second-order valence-corrected chi connectivity index (χ2v) is 5.24. The normalized spacial score (nSPS) is 11.6. The van der Waals surface area contributed by atoms with Crippen molar-refractivity contribution in [2.24, 2.45) is 5.92 Å². The van der Waals surface area contributed by atoms with E-state index in [4.69, 9.17) is 9.47 Å². The van der Waals surface area contributed by atoms with Crippen LogP contribution in [0.5, 0.6) is 5.75 Å². The number of carbonyl (C=O) groups is 3. The van der Waals surface area contributed by atoms with Gasteiger partial charge in [0.25, 0.3) is 5.91 Å². The Labute approximate surface area is 129 Å². The Morgan fingerprint density at radius 1 is 1.14 bits per heavy atom. The van der Waals surface area contributed by atoms with Gasteiger partial charge in [-0.3, -0.25) is 9.59 Å². The van der Waals surface area contributed by atoms with Crippen molar-refractivity contribution in [3.05, 3.63) is 29.8 Å². The van der Waals surface area contributed by atoms with E-state index in [1.165, 1.54) is 0 Å². The van der Waals surface area contributed by atoms with E-state index in [0.29, 0.717) is 17.2 Å². The lowest BCUT2D eigenvalue weighted by Gasteiger charge is -2.17. The lowest BCUT2D eigenvalue weighted by molar-refractivity contribution is -0.150. The van der Waals surface area contributed by atoms with Crippen LogP contribution in [0.2, 0.25) is 0 Å². The molecule has 1 N–H and O–H groups in total. The maximum Gasteiger partial charge on any atom is 0.344 e. The van der Waals surface area contributed by atoms with Crippen LogP contribution in [0.1, 0.15) is 31.1 Å². The van der Waals surface area contributed by atoms with Crippen molar-refractivity contribution in [2.75, 3.05) is 13.2 Å². The zero-order chi connectivity index (χ0) is 16.5. The molecule has 0 aromatic heterocycles. The molecule has 0 fully saturated rings. The third kappa shape index (κ3) is 6.39. The number of amides is 1. The predicted octanol–water partition coefficient (Wildman–Crippen LogP) is 1.58. The van der Waals surface area contributed by atoms with Crippen molar-refractivity contribution >= 4 is 18.2 Å². The summed E-state index contributed by atoms with van der Waals surface area (Å²) in [5.41, 5.74) is 0.519. The quantitative estimate of drug-likeness (QED) is 0.582. The van der Waals surface area contributed by atoms with Gasteiger partial charge in [0.15, 0.2) is 13.2 Å². The van der Waals surface area contributed by atoms with Gasteiger partial charge < -0.3 is 14.8 Å². The summed E-state index contributed by atoms with van der Waals surface area (Å²) < 4.78 is 10.0. The Morgan fingerprint density at radius 3 is 2.32 bits per heavy atom. The predicted molar refractivity (Wildman–Crippen MR) is 80.7 cm³/mol. The maximum atomic E-state index is 11.5. The number of aldehydes is 1. The topological polar surface area (TPSA) is 81.7 Å². The first kappa shape index (κ1) is 17.7. The van der Waals surface area contributed by atoms with Crippen LogP contribution in [0.4, 0.5) is 0 Å². The molecule has 0 aliphatic heterocycles. The van der Waals surface area contributed by atoms with Crippen LogP contribution in [-0.2, 0) is 14.3 Å². The monoisotopic (exact) mass is 307 g/mol. The van der Waals surface area contributed by atoms with Gasteiger partial charge in [0.2, 0.25) is 0 Å². The van der Waals surface area contributed by atoms with Crippen molar-refractivity contribution in [3.63, 3.8) is 0 Å². The van der Waals surface area contributed by atoms with Gasteiger partial charge in [-0.05, 0) is 37.1 Å². The molecule has 0 saturated heterocycles. The van der Waals surface area contributed by atoms with Crippen LogP contribution in [-0.4, -0.2) is 37.4 Å². The molecular formula is C16H21NO5. The van der Waals surface area contributed by atoms with E-state index in [9.17, 15) is 14.4 Å². The van der Waals surface area contributed by atoms with Gasteiger partial charge >= 0.3 is 5.97 Å². The molecule has 6 nitrogen and oxygen atoms in total. The van der Waals surface area contributed by atoms with Crippen LogP contribution in [0, 0.1) is 5.92 Å². The van der Waals surface area contributed by atoms with E-state index in [-0.39, 0.29) is 25.2 Å². The molecule has 0 bridgehead atoms. The average Bonchev–Trinajstić information content (AvgIpc) is 2.51. The van der Waals surface area contributed by atoms with Gasteiger partial charge in [0, 0.05) is 11.6 Å². The average molecular weight is 307 g/mol. The van der Waals surface area contributed by atoms with E-state index >= 15 is 0 Å². The molecule has 0 spiro atoms. The van der Waals surface area contributed by atoms with Crippen LogP contribution in [0.3, 0.4) is 0 Å². The molecule has 120 valence electrons. The molecule has 0 saturated carbocycles. The van der Waals surface area contributed by atoms with Crippen LogP contribution < -0.4 is 10.1 Å². The number of nitrogens with one attached hydrogen (secondary N) is 1. The standard InChI is InChI=1S/C16H21NO5/c1-11(2)12(3)17-15(19)9-22-16(20)10-21-14-6-4-13(8-18)5-7-14/h4-8,11-12H,9-10H2,1-3H3,(H,17,19)/t12-/m1/s1. The van der Waals surface area contributed by atoms with Crippen molar-refractivity contribution in [1.82, 2.24) is 5.32 Å². The minimum absolute atomic E-state index is 0.0128. The number of carbonyl (C=O) groups excluding carboxylic acids is 3. The summed E-state index contributed by atoms with van der Waals surface area (Å²) >= 11 is 0. The van der Waals surface area contributed by atoms with Crippen LogP contribution in [0.15, 0.2) is 24.3 Å². The molecule has 1 atom stereocenters. The number of hydrogen-bond acceptors (Lipinski definition) is 5. The summed E-state index contributed by atoms with van der Waals surface area (Å²) in [5, 5.41) is 2.73. The Morgan fingerprint density at radius 2 is 1.77 bits per heavy atom. The summed E-state index contributed by atoms with van der Waals surface area (Å²) in [7, 11) is 0. The van der Waals surface area contributed by atoms with Gasteiger partial charge in [-0.25, -0.2) is 4.79 Å². The highest BCUT2D eigenvalue weighted by atomic mass is 16.6. The van der Waals surface area contributed by atoms with Crippen molar-refractivity contribution < 1.29 is 23.9 Å². The van der Waals surface area contributed by atoms with Crippen molar-refractivity contribution in [1.29, 1.82) is 0 Å². The van der Waals surface area contributed by atoms with Gasteiger partial charge in [-0.2, -0.15) is 0 Å². The highest BCUT2D eigenvalue weighted by molar-refractivity contribution is 5.81. The molecule has 0 radical (unpaired) electrons. The van der Waals surface area contributed by atoms with Gasteiger partial charge in [-0.1, -0.05) is 13.8 Å². The first-order valence-corrected chi connectivity index (χ1v) is 7.05. The summed E-state index contributed by atoms with van der Waals surface area (Å²) in [6, 6.07) is 6.32. The lowest BCUT2D eigenvalue weighted by atomic mass is 10.1. The smallest absolute Gasteiger partial charge is 0.344 e. The fourth-order valence-corrected chi connectivity index (χ4v) is 1.43. The zero-order valence-electron chi connectivity index (χ0n) is 13.0. The van der Waals surface area contributed by atoms with Crippen LogP contribution in [0.25, 0.3) is 0 Å². The molecule has 0 aliphatic carbocycles. The molecule has 1 rings (SSSR count). The molecule has 1 aromatic carbocycles. The summed E-state index contributed by atoms with van der Waals surface area (Å²) in [6.45, 7) is 5.23. The fourth-order valence-electron chi connectivity index (χ4n) is 1.43. The van der Waals surface area contributed by atoms with Gasteiger partial charge in [0.1, 0.15) is 12.0 Å². The maximum absolute atomic E-state index is 11.5. The number of hydrogen-bond donors (Lipinski definition) is 1. The Balaban J connectivity index is 2.28. The van der Waals surface area contributed by atoms with E-state index in [1.54, 1.807) is 24.3 Å². The Bertz CT molecular complexity index is 510. The molecule has 0 aliphatic rings. The molecular weight excluding hydrogens is 286 g/mol. The Hall–Kier alpha value is -2.37. The minimum Gasteiger partial charge on any atom is -0.482 e. The fraction of sp³-hybridized carbons (Fsp3) is 0.438. The molecule has 6 heteroatoms. The van der Waals surface area contributed by atoms with Crippen molar-refractivity contribution in [3.8, 4) is 5.75 Å². The SMILES string of the molecule is CC(C)[C@@H](C)NC(=O)COC(=O)COc1ccc(C=O)cc1. The summed E-state index contributed by atoms with van der Waals surface area (Å²) in [4.78, 5) is 33.5. The van der Waals surface area contributed by atoms with E-state index in [2.05, 4.69) is 5.32 Å². The molecule has 0 heterocycles. The van der Waals surface area contributed by atoms with Gasteiger partial charge in [-0.15, -0.1) is 0 Å². The van der Waals surface area contributed by atoms with Crippen LogP contribution >= 0.6 is 0 Å².